The fourth-order valence-corrected chi connectivity index (χ4v) is 2.26. The molecule has 1 aromatic rings. The number of carbonyl (C=O) groups excluding carboxylic acids is 1. The summed E-state index contributed by atoms with van der Waals surface area (Å²) in [5.41, 5.74) is -0.739. The van der Waals surface area contributed by atoms with Crippen molar-refractivity contribution in [2.75, 3.05) is 25.0 Å². The maximum absolute atomic E-state index is 12.8. The Bertz CT molecular complexity index is 526. The van der Waals surface area contributed by atoms with E-state index >= 15 is 0 Å². The van der Waals surface area contributed by atoms with Crippen molar-refractivity contribution >= 4 is 11.6 Å². The van der Waals surface area contributed by atoms with Gasteiger partial charge in [0.05, 0.1) is 23.8 Å². The van der Waals surface area contributed by atoms with Gasteiger partial charge in [-0.15, -0.1) is 0 Å². The van der Waals surface area contributed by atoms with Crippen molar-refractivity contribution in [3.63, 3.8) is 0 Å². The van der Waals surface area contributed by atoms with Crippen LogP contribution >= 0.6 is 0 Å². The average Bonchev–Trinajstić information content (AvgIpc) is 2.99. The Hall–Kier alpha value is -1.76. The molecule has 2 N–H and O–H groups in total. The highest BCUT2D eigenvalue weighted by Crippen LogP contribution is 2.35. The van der Waals surface area contributed by atoms with Crippen molar-refractivity contribution in [1.29, 1.82) is 0 Å². The molecule has 1 aromatic carbocycles. The zero-order chi connectivity index (χ0) is 16.2. The molecule has 7 heteroatoms. The Kier molecular flexibility index (Phi) is 5.28. The van der Waals surface area contributed by atoms with Crippen molar-refractivity contribution in [2.45, 2.75) is 25.9 Å². The summed E-state index contributed by atoms with van der Waals surface area (Å²) in [6.45, 7) is 3.54. The van der Waals surface area contributed by atoms with E-state index in [0.29, 0.717) is 19.6 Å². The van der Waals surface area contributed by atoms with Crippen LogP contribution in [0.25, 0.3) is 0 Å². The van der Waals surface area contributed by atoms with Crippen molar-refractivity contribution in [3.05, 3.63) is 23.8 Å². The van der Waals surface area contributed by atoms with Crippen molar-refractivity contribution < 1.29 is 22.7 Å². The monoisotopic (exact) mass is 316 g/mol. The first-order chi connectivity index (χ1) is 10.4. The lowest BCUT2D eigenvalue weighted by Gasteiger charge is -2.16. The Morgan fingerprint density at radius 2 is 2.23 bits per heavy atom. The van der Waals surface area contributed by atoms with Gasteiger partial charge < -0.3 is 15.4 Å². The zero-order valence-corrected chi connectivity index (χ0v) is 12.3. The van der Waals surface area contributed by atoms with E-state index < -0.39 is 11.7 Å². The first-order valence-electron chi connectivity index (χ1n) is 7.27. The van der Waals surface area contributed by atoms with Gasteiger partial charge in [-0.3, -0.25) is 4.79 Å². The molecule has 2 rings (SSSR count). The number of halogens is 3. The quantitative estimate of drug-likeness (QED) is 0.878. The van der Waals surface area contributed by atoms with Gasteiger partial charge in [-0.2, -0.15) is 13.2 Å². The number of hydrogen-bond donors (Lipinski definition) is 2. The van der Waals surface area contributed by atoms with Gasteiger partial charge in [0.15, 0.2) is 0 Å². The van der Waals surface area contributed by atoms with Gasteiger partial charge in [0.25, 0.3) is 0 Å². The van der Waals surface area contributed by atoms with Gasteiger partial charge in [-0.25, -0.2) is 0 Å². The first kappa shape index (κ1) is 16.6. The highest BCUT2D eigenvalue weighted by atomic mass is 19.4. The number of benzene rings is 1. The summed E-state index contributed by atoms with van der Waals surface area (Å²) in [5, 5.41) is 5.62. The van der Waals surface area contributed by atoms with Crippen LogP contribution in [-0.2, 0) is 11.0 Å². The van der Waals surface area contributed by atoms with Crippen LogP contribution in [0.15, 0.2) is 18.2 Å². The van der Waals surface area contributed by atoms with Crippen LogP contribution < -0.4 is 15.4 Å². The molecular formula is C15H19F3N2O2. The minimum Gasteiger partial charge on any atom is -0.491 e. The van der Waals surface area contributed by atoms with Gasteiger partial charge >= 0.3 is 6.18 Å². The van der Waals surface area contributed by atoms with E-state index in [0.717, 1.165) is 25.1 Å². The SMILES string of the molecule is CCCOc1ccc(C(F)(F)F)cc1NC(=O)C1CCNC1. The predicted molar refractivity (Wildman–Crippen MR) is 76.8 cm³/mol. The van der Waals surface area contributed by atoms with E-state index in [1.807, 2.05) is 6.92 Å². The molecule has 4 nitrogen and oxygen atoms in total. The van der Waals surface area contributed by atoms with E-state index in [4.69, 9.17) is 4.74 Å². The van der Waals surface area contributed by atoms with Gasteiger partial charge in [0.1, 0.15) is 5.75 Å². The number of carbonyl (C=O) groups is 1. The first-order valence-corrected chi connectivity index (χ1v) is 7.27. The van der Waals surface area contributed by atoms with Crippen LogP contribution in [-0.4, -0.2) is 25.6 Å². The van der Waals surface area contributed by atoms with E-state index in [1.54, 1.807) is 0 Å². The molecule has 0 bridgehead atoms. The van der Waals surface area contributed by atoms with Gasteiger partial charge in [-0.1, -0.05) is 6.92 Å². The van der Waals surface area contributed by atoms with Gasteiger partial charge in [0, 0.05) is 6.54 Å². The topological polar surface area (TPSA) is 50.4 Å². The third kappa shape index (κ3) is 4.13. The van der Waals surface area contributed by atoms with Crippen LogP contribution in [0, 0.1) is 5.92 Å². The molecule has 1 unspecified atom stereocenters. The number of alkyl halides is 3. The standard InChI is InChI=1S/C15H19F3N2O2/c1-2-7-22-13-4-3-11(15(16,17)18)8-12(13)20-14(21)10-5-6-19-9-10/h3-4,8,10,19H,2,5-7,9H2,1H3,(H,20,21). The molecule has 1 aliphatic heterocycles. The molecule has 22 heavy (non-hydrogen) atoms. The minimum atomic E-state index is -4.46. The maximum atomic E-state index is 12.8. The number of anilines is 1. The summed E-state index contributed by atoms with van der Waals surface area (Å²) < 4.78 is 43.9. The third-order valence-corrected chi connectivity index (χ3v) is 3.46. The van der Waals surface area contributed by atoms with Gasteiger partial charge in [-0.05, 0) is 37.6 Å². The number of amides is 1. The predicted octanol–water partition coefficient (Wildman–Crippen LogP) is 3.04. The summed E-state index contributed by atoms with van der Waals surface area (Å²) in [6.07, 6.45) is -3.06. The van der Waals surface area contributed by atoms with Crippen LogP contribution in [0.5, 0.6) is 5.75 Å². The summed E-state index contributed by atoms with van der Waals surface area (Å²) in [4.78, 5) is 12.1. The molecule has 122 valence electrons. The van der Waals surface area contributed by atoms with Crippen LogP contribution in [0.3, 0.4) is 0 Å². The summed E-state index contributed by atoms with van der Waals surface area (Å²) >= 11 is 0. The number of nitrogens with one attached hydrogen (secondary N) is 2. The molecule has 0 aliphatic carbocycles. The second kappa shape index (κ2) is 7.00. The molecule has 1 fully saturated rings. The normalized spacial score (nSPS) is 18.3. The molecular weight excluding hydrogens is 297 g/mol. The molecule has 0 saturated carbocycles. The highest BCUT2D eigenvalue weighted by molar-refractivity contribution is 5.94. The smallest absolute Gasteiger partial charge is 0.416 e. The molecule has 0 aromatic heterocycles. The largest absolute Gasteiger partial charge is 0.491 e. The van der Waals surface area contributed by atoms with E-state index in [2.05, 4.69) is 10.6 Å². The molecule has 0 spiro atoms. The van der Waals surface area contributed by atoms with Gasteiger partial charge in [0.2, 0.25) is 5.91 Å². The minimum absolute atomic E-state index is 0.0696. The number of rotatable bonds is 5. The molecule has 1 aliphatic rings. The van der Waals surface area contributed by atoms with Crippen molar-refractivity contribution in [1.82, 2.24) is 5.32 Å². The molecule has 0 radical (unpaired) electrons. The number of hydrogen-bond acceptors (Lipinski definition) is 3. The lowest BCUT2D eigenvalue weighted by Crippen LogP contribution is -2.25. The Labute approximate surface area is 127 Å². The maximum Gasteiger partial charge on any atom is 0.416 e. The van der Waals surface area contributed by atoms with Crippen LogP contribution in [0.2, 0.25) is 0 Å². The summed E-state index contributed by atoms with van der Waals surface area (Å²) in [7, 11) is 0. The zero-order valence-electron chi connectivity index (χ0n) is 12.3. The molecule has 1 heterocycles. The van der Waals surface area contributed by atoms with Crippen molar-refractivity contribution in [3.8, 4) is 5.75 Å². The fourth-order valence-electron chi connectivity index (χ4n) is 2.26. The Balaban J connectivity index is 2.21. The summed E-state index contributed by atoms with van der Waals surface area (Å²) in [6, 6.07) is 3.13. The lowest BCUT2D eigenvalue weighted by molar-refractivity contribution is -0.137. The highest BCUT2D eigenvalue weighted by Gasteiger charge is 2.32. The molecule has 1 atom stereocenters. The average molecular weight is 316 g/mol. The Morgan fingerprint density at radius 1 is 1.45 bits per heavy atom. The van der Waals surface area contributed by atoms with E-state index in [9.17, 15) is 18.0 Å². The fraction of sp³-hybridized carbons (Fsp3) is 0.533. The Morgan fingerprint density at radius 3 is 2.82 bits per heavy atom. The molecule has 1 amide bonds. The second-order valence-electron chi connectivity index (χ2n) is 5.24. The van der Waals surface area contributed by atoms with Crippen LogP contribution in [0.1, 0.15) is 25.3 Å². The van der Waals surface area contributed by atoms with E-state index in [1.165, 1.54) is 6.07 Å². The third-order valence-electron chi connectivity index (χ3n) is 3.46. The van der Waals surface area contributed by atoms with Crippen LogP contribution in [0.4, 0.5) is 18.9 Å². The lowest BCUT2D eigenvalue weighted by atomic mass is 10.1. The van der Waals surface area contributed by atoms with E-state index in [-0.39, 0.29) is 23.3 Å². The number of ether oxygens (including phenoxy) is 1. The summed E-state index contributed by atoms with van der Waals surface area (Å²) in [5.74, 6) is -0.256. The molecule has 1 saturated heterocycles. The second-order valence-corrected chi connectivity index (χ2v) is 5.24. The van der Waals surface area contributed by atoms with Crippen molar-refractivity contribution in [2.24, 2.45) is 5.92 Å².